The molecule has 0 amide bonds. The first-order valence-electron chi connectivity index (χ1n) is 4.42. The summed E-state index contributed by atoms with van der Waals surface area (Å²) < 4.78 is 0. The van der Waals surface area contributed by atoms with E-state index in [1.54, 1.807) is 0 Å². The summed E-state index contributed by atoms with van der Waals surface area (Å²) in [6.07, 6.45) is 3.15. The van der Waals surface area contributed by atoms with E-state index in [9.17, 15) is 0 Å². The van der Waals surface area contributed by atoms with Crippen LogP contribution in [-0.2, 0) is 6.42 Å². The number of benzene rings is 1. The van der Waals surface area contributed by atoms with E-state index in [1.807, 2.05) is 13.0 Å². The highest BCUT2D eigenvalue weighted by Gasteiger charge is 1.91. The van der Waals surface area contributed by atoms with Gasteiger partial charge < -0.3 is 0 Å². The molecule has 68 valence electrons. The zero-order valence-corrected chi connectivity index (χ0v) is 8.90. The van der Waals surface area contributed by atoms with Crippen molar-refractivity contribution in [3.63, 3.8) is 0 Å². The third-order valence-electron chi connectivity index (χ3n) is 2.04. The van der Waals surface area contributed by atoms with Gasteiger partial charge in [-0.3, -0.25) is 0 Å². The smallest absolute Gasteiger partial charge is 0.0147 e. The van der Waals surface area contributed by atoms with Crippen molar-refractivity contribution in [2.45, 2.75) is 20.3 Å². The molecular weight excluding hydrogens is 176 g/mol. The van der Waals surface area contributed by atoms with Crippen LogP contribution < -0.4 is 0 Å². The largest absolute Gasteiger partial charge is 0.0850 e. The predicted octanol–water partition coefficient (Wildman–Crippen LogP) is 3.57. The maximum absolute atomic E-state index is 5.07. The van der Waals surface area contributed by atoms with Crippen molar-refractivity contribution in [3.8, 4) is 0 Å². The Hall–Kier alpha value is -0.950. The lowest BCUT2D eigenvalue weighted by molar-refractivity contribution is 1.25. The molecule has 0 spiro atoms. The highest BCUT2D eigenvalue weighted by molar-refractivity contribution is 7.80. The van der Waals surface area contributed by atoms with Crippen LogP contribution in [0.15, 0.2) is 42.0 Å². The van der Waals surface area contributed by atoms with Crippen molar-refractivity contribution in [2.24, 2.45) is 0 Å². The van der Waals surface area contributed by atoms with E-state index in [0.717, 1.165) is 11.3 Å². The zero-order chi connectivity index (χ0) is 9.68. The van der Waals surface area contributed by atoms with Gasteiger partial charge in [0, 0.05) is 4.86 Å². The third-order valence-corrected chi connectivity index (χ3v) is 2.36. The lowest BCUT2D eigenvalue weighted by Gasteiger charge is -1.98. The molecule has 0 heterocycles. The van der Waals surface area contributed by atoms with Gasteiger partial charge in [-0.1, -0.05) is 48.6 Å². The summed E-state index contributed by atoms with van der Waals surface area (Å²) in [4.78, 5) is 0.982. The van der Waals surface area contributed by atoms with Gasteiger partial charge in [0.1, 0.15) is 0 Å². The molecule has 0 aliphatic heterocycles. The Balaban J connectivity index is 2.62. The fraction of sp³-hybridized carbons (Fsp3) is 0.250. The number of thiocarbonyl (C=S) groups is 1. The Kier molecular flexibility index (Phi) is 3.84. The Bertz CT molecular complexity index is 309. The van der Waals surface area contributed by atoms with E-state index >= 15 is 0 Å². The van der Waals surface area contributed by atoms with Crippen molar-refractivity contribution >= 4 is 17.1 Å². The highest BCUT2D eigenvalue weighted by Crippen LogP contribution is 2.04. The molecule has 0 atom stereocenters. The minimum atomic E-state index is 0.973. The molecule has 1 aromatic rings. The summed E-state index contributed by atoms with van der Waals surface area (Å²) in [6, 6.07) is 10.4. The second-order valence-electron chi connectivity index (χ2n) is 3.13. The second kappa shape index (κ2) is 4.93. The number of hydrogen-bond donors (Lipinski definition) is 0. The average molecular weight is 190 g/mol. The fourth-order valence-electron chi connectivity index (χ4n) is 1.03. The fourth-order valence-corrected chi connectivity index (χ4v) is 1.11. The van der Waals surface area contributed by atoms with Crippen LogP contribution in [0.1, 0.15) is 19.4 Å². The van der Waals surface area contributed by atoms with Gasteiger partial charge in [-0.05, 0) is 31.4 Å². The van der Waals surface area contributed by atoms with E-state index < -0.39 is 0 Å². The topological polar surface area (TPSA) is 0 Å². The Morgan fingerprint density at radius 1 is 1.23 bits per heavy atom. The second-order valence-corrected chi connectivity index (χ2v) is 3.75. The molecule has 0 bridgehead atoms. The van der Waals surface area contributed by atoms with Crippen molar-refractivity contribution in [3.05, 3.63) is 47.5 Å². The van der Waals surface area contributed by atoms with Crippen LogP contribution in [0.5, 0.6) is 0 Å². The SMILES string of the molecule is CC(=S)/C(C)=C\Cc1ccccc1. The summed E-state index contributed by atoms with van der Waals surface area (Å²) in [5, 5.41) is 0. The molecule has 0 saturated heterocycles. The van der Waals surface area contributed by atoms with Crippen molar-refractivity contribution in [1.29, 1.82) is 0 Å². The highest BCUT2D eigenvalue weighted by atomic mass is 32.1. The Morgan fingerprint density at radius 3 is 2.38 bits per heavy atom. The monoisotopic (exact) mass is 190 g/mol. The van der Waals surface area contributed by atoms with Gasteiger partial charge >= 0.3 is 0 Å². The molecule has 1 aromatic carbocycles. The predicted molar refractivity (Wildman–Crippen MR) is 62.2 cm³/mol. The van der Waals surface area contributed by atoms with Gasteiger partial charge in [0.25, 0.3) is 0 Å². The number of allylic oxidation sites excluding steroid dienone is 2. The molecule has 0 unspecified atom stereocenters. The van der Waals surface area contributed by atoms with Crippen LogP contribution in [0.3, 0.4) is 0 Å². The molecule has 1 heteroatoms. The van der Waals surface area contributed by atoms with Gasteiger partial charge in [-0.25, -0.2) is 0 Å². The molecule has 0 N–H and O–H groups in total. The van der Waals surface area contributed by atoms with Gasteiger partial charge in [0.2, 0.25) is 0 Å². The Labute approximate surface area is 85.3 Å². The van der Waals surface area contributed by atoms with E-state index in [4.69, 9.17) is 12.2 Å². The molecule has 0 fully saturated rings. The van der Waals surface area contributed by atoms with E-state index in [0.29, 0.717) is 0 Å². The average Bonchev–Trinajstić information content (AvgIpc) is 2.15. The van der Waals surface area contributed by atoms with Crippen molar-refractivity contribution in [1.82, 2.24) is 0 Å². The van der Waals surface area contributed by atoms with Gasteiger partial charge in [-0.2, -0.15) is 0 Å². The van der Waals surface area contributed by atoms with Crippen LogP contribution in [0.25, 0.3) is 0 Å². The Morgan fingerprint density at radius 2 is 1.85 bits per heavy atom. The maximum atomic E-state index is 5.07. The first kappa shape index (κ1) is 10.1. The summed E-state index contributed by atoms with van der Waals surface area (Å²) >= 11 is 5.07. The van der Waals surface area contributed by atoms with Crippen molar-refractivity contribution in [2.75, 3.05) is 0 Å². The summed E-state index contributed by atoms with van der Waals surface area (Å²) in [5.41, 5.74) is 2.54. The lowest BCUT2D eigenvalue weighted by atomic mass is 10.1. The van der Waals surface area contributed by atoms with E-state index in [2.05, 4.69) is 37.3 Å². The molecule has 13 heavy (non-hydrogen) atoms. The molecule has 0 nitrogen and oxygen atoms in total. The van der Waals surface area contributed by atoms with Crippen LogP contribution in [-0.4, -0.2) is 4.86 Å². The summed E-state index contributed by atoms with van der Waals surface area (Å²) in [7, 11) is 0. The minimum absolute atomic E-state index is 0.973. The molecule has 0 radical (unpaired) electrons. The third kappa shape index (κ3) is 3.51. The maximum Gasteiger partial charge on any atom is 0.0147 e. The molecule has 1 rings (SSSR count). The van der Waals surface area contributed by atoms with Gasteiger partial charge in [0.15, 0.2) is 0 Å². The minimum Gasteiger partial charge on any atom is -0.0850 e. The molecular formula is C12H14S. The first-order chi connectivity index (χ1) is 6.20. The van der Waals surface area contributed by atoms with E-state index in [-0.39, 0.29) is 0 Å². The van der Waals surface area contributed by atoms with Crippen LogP contribution in [0, 0.1) is 0 Å². The van der Waals surface area contributed by atoms with Crippen LogP contribution in [0.2, 0.25) is 0 Å². The zero-order valence-electron chi connectivity index (χ0n) is 8.08. The summed E-state index contributed by atoms with van der Waals surface area (Å²) in [6.45, 7) is 4.03. The van der Waals surface area contributed by atoms with Gasteiger partial charge in [0.05, 0.1) is 0 Å². The quantitative estimate of drug-likeness (QED) is 0.518. The van der Waals surface area contributed by atoms with E-state index in [1.165, 1.54) is 11.1 Å². The standard InChI is InChI=1S/C12H14S/c1-10(11(2)13)8-9-12-6-4-3-5-7-12/h3-8H,9H2,1-2H3/b10-8-. The summed E-state index contributed by atoms with van der Waals surface area (Å²) in [5.74, 6) is 0. The molecule has 0 aliphatic rings. The molecule has 0 aromatic heterocycles. The molecule has 0 saturated carbocycles. The number of rotatable bonds is 3. The van der Waals surface area contributed by atoms with Gasteiger partial charge in [-0.15, -0.1) is 0 Å². The van der Waals surface area contributed by atoms with Crippen LogP contribution >= 0.6 is 12.2 Å². The first-order valence-corrected chi connectivity index (χ1v) is 4.82. The normalized spacial score (nSPS) is 11.4. The van der Waals surface area contributed by atoms with Crippen molar-refractivity contribution < 1.29 is 0 Å². The number of hydrogen-bond acceptors (Lipinski definition) is 1. The lowest BCUT2D eigenvalue weighted by Crippen LogP contribution is -1.89. The molecule has 0 aliphatic carbocycles. The van der Waals surface area contributed by atoms with Crippen LogP contribution in [0.4, 0.5) is 0 Å².